The van der Waals surface area contributed by atoms with Gasteiger partial charge in [-0.15, -0.1) is 0 Å². The van der Waals surface area contributed by atoms with E-state index in [0.717, 1.165) is 0 Å². The number of rotatable bonds is 9. The first-order valence-corrected chi connectivity index (χ1v) is 9.05. The Labute approximate surface area is 166 Å². The van der Waals surface area contributed by atoms with Crippen molar-refractivity contribution in [2.75, 3.05) is 7.05 Å². The highest BCUT2D eigenvalue weighted by Gasteiger charge is 2.33. The van der Waals surface area contributed by atoms with Crippen molar-refractivity contribution in [1.82, 2.24) is 10.2 Å². The quantitative estimate of drug-likeness (QED) is 0.419. The zero-order valence-corrected chi connectivity index (χ0v) is 17.6. The van der Waals surface area contributed by atoms with Gasteiger partial charge in [0.25, 0.3) is 0 Å². The van der Waals surface area contributed by atoms with Gasteiger partial charge < -0.3 is 26.2 Å². The Balaban J connectivity index is 5.51. The Morgan fingerprint density at radius 3 is 2.00 bits per heavy atom. The number of carbonyl (C=O) groups excluding carboxylic acids is 2. The van der Waals surface area contributed by atoms with Crippen LogP contribution >= 0.6 is 0 Å². The molecule has 0 rings (SSSR count). The van der Waals surface area contributed by atoms with E-state index in [4.69, 9.17) is 15.9 Å². The molecular weight excluding hydrogens is 366 g/mol. The summed E-state index contributed by atoms with van der Waals surface area (Å²) >= 11 is 0. The highest BCUT2D eigenvalue weighted by molar-refractivity contribution is 5.96. The fourth-order valence-electron chi connectivity index (χ4n) is 2.47. The smallest absolute Gasteiger partial charge is 0.326 e. The molecule has 0 bridgehead atoms. The summed E-state index contributed by atoms with van der Waals surface area (Å²) in [6.45, 7) is 10.8. The zero-order valence-electron chi connectivity index (χ0n) is 17.6. The highest BCUT2D eigenvalue weighted by Crippen LogP contribution is 2.22. The van der Waals surface area contributed by atoms with Gasteiger partial charge in [-0.1, -0.05) is 40.7 Å². The molecule has 160 valence electrons. The van der Waals surface area contributed by atoms with Crippen molar-refractivity contribution in [2.24, 2.45) is 17.1 Å². The number of aliphatic carboxylic acids is 2. The van der Waals surface area contributed by atoms with E-state index in [1.807, 2.05) is 34.6 Å². The van der Waals surface area contributed by atoms with Crippen molar-refractivity contribution in [2.45, 2.75) is 66.1 Å². The Hall–Kier alpha value is -2.42. The molecule has 28 heavy (non-hydrogen) atoms. The summed E-state index contributed by atoms with van der Waals surface area (Å²) in [6.07, 6.45) is 0.827. The van der Waals surface area contributed by atoms with Crippen LogP contribution in [0.2, 0.25) is 0 Å². The molecule has 0 heterocycles. The molecule has 0 spiro atoms. The average molecular weight is 399 g/mol. The number of hydrogen-bond donors (Lipinski definition) is 4. The second-order valence-electron chi connectivity index (χ2n) is 8.34. The van der Waals surface area contributed by atoms with Gasteiger partial charge in [-0.2, -0.15) is 0 Å². The molecule has 0 aromatic heterocycles. The minimum atomic E-state index is -1.54. The maximum atomic E-state index is 12.7. The topological polar surface area (TPSA) is 150 Å². The highest BCUT2D eigenvalue weighted by atomic mass is 16.4. The monoisotopic (exact) mass is 399 g/mol. The first-order valence-electron chi connectivity index (χ1n) is 9.05. The fraction of sp³-hybridized carbons (Fsp3) is 0.684. The Morgan fingerprint density at radius 2 is 1.64 bits per heavy atom. The summed E-state index contributed by atoms with van der Waals surface area (Å²) in [7, 11) is 1.60. The van der Waals surface area contributed by atoms with Gasteiger partial charge in [-0.3, -0.25) is 14.4 Å². The van der Waals surface area contributed by atoms with Gasteiger partial charge in [0.1, 0.15) is 6.04 Å². The van der Waals surface area contributed by atoms with Crippen LogP contribution in [0.5, 0.6) is 0 Å². The van der Waals surface area contributed by atoms with Crippen LogP contribution in [0.4, 0.5) is 0 Å². The molecular formula is C19H33N3O6. The van der Waals surface area contributed by atoms with Crippen molar-refractivity contribution in [3.8, 4) is 0 Å². The predicted octanol–water partition coefficient (Wildman–Crippen LogP) is 0.833. The average Bonchev–Trinajstić information content (AvgIpc) is 2.54. The molecule has 9 nitrogen and oxygen atoms in total. The van der Waals surface area contributed by atoms with E-state index < -0.39 is 47.8 Å². The lowest BCUT2D eigenvalue weighted by Gasteiger charge is -2.35. The minimum absolute atomic E-state index is 0.0434. The number of amides is 2. The lowest BCUT2D eigenvalue weighted by Crippen LogP contribution is -2.52. The van der Waals surface area contributed by atoms with Gasteiger partial charge in [0.2, 0.25) is 11.8 Å². The molecule has 1 unspecified atom stereocenters. The third-order valence-corrected chi connectivity index (χ3v) is 4.44. The molecule has 0 aliphatic carbocycles. The first kappa shape index (κ1) is 25.6. The first-order chi connectivity index (χ1) is 12.6. The lowest BCUT2D eigenvalue weighted by molar-refractivity contribution is -0.146. The van der Waals surface area contributed by atoms with E-state index >= 15 is 0 Å². The number of carbonyl (C=O) groups is 4. The van der Waals surface area contributed by atoms with Crippen molar-refractivity contribution in [3.63, 3.8) is 0 Å². The van der Waals surface area contributed by atoms with E-state index in [0.29, 0.717) is 0 Å². The van der Waals surface area contributed by atoms with Crippen LogP contribution in [0.25, 0.3) is 0 Å². The zero-order chi connectivity index (χ0) is 22.4. The summed E-state index contributed by atoms with van der Waals surface area (Å²) in [5.74, 6) is -3.80. The standard InChI is InChI=1S/C19H33N3O6/c1-10(2)13(22(7)17(26)15(20)19(4,5)6)8-11(3)16(25)21-12(18(27)28)9-14(23)24/h8,10,12-13,15H,9,20H2,1-7H3,(H,21,25)(H,23,24)(H,27,28)/b11-8+/t12?,13-,15-/m1/s1. The van der Waals surface area contributed by atoms with Crippen LogP contribution in [-0.4, -0.2) is 64.0 Å². The van der Waals surface area contributed by atoms with E-state index in [1.165, 1.54) is 11.8 Å². The lowest BCUT2D eigenvalue weighted by atomic mass is 9.86. The molecule has 0 aromatic rings. The van der Waals surface area contributed by atoms with Gasteiger partial charge in [0.15, 0.2) is 0 Å². The summed E-state index contributed by atoms with van der Waals surface area (Å²) in [6, 6.07) is -2.72. The molecule has 0 fully saturated rings. The number of hydrogen-bond acceptors (Lipinski definition) is 5. The molecule has 0 radical (unpaired) electrons. The molecule has 0 saturated heterocycles. The van der Waals surface area contributed by atoms with Crippen molar-refractivity contribution in [3.05, 3.63) is 11.6 Å². The molecule has 0 aromatic carbocycles. The number of nitrogens with two attached hydrogens (primary N) is 1. The van der Waals surface area contributed by atoms with Crippen LogP contribution in [0.15, 0.2) is 11.6 Å². The van der Waals surface area contributed by atoms with Crippen molar-refractivity contribution < 1.29 is 29.4 Å². The molecule has 5 N–H and O–H groups in total. The van der Waals surface area contributed by atoms with E-state index in [-0.39, 0.29) is 17.4 Å². The third kappa shape index (κ3) is 7.67. The number of nitrogens with zero attached hydrogens (tertiary/aromatic N) is 1. The van der Waals surface area contributed by atoms with Crippen LogP contribution in [0, 0.1) is 11.3 Å². The SMILES string of the molecule is C/C(=C\[C@H](C(C)C)N(C)C(=O)[C@@H](N)C(C)(C)C)C(=O)NC(CC(=O)O)C(=O)O. The molecule has 3 atom stereocenters. The Kier molecular flexibility index (Phi) is 9.33. The van der Waals surface area contributed by atoms with Gasteiger partial charge >= 0.3 is 11.9 Å². The molecule has 0 aliphatic heterocycles. The normalized spacial score (nSPS) is 15.5. The Morgan fingerprint density at radius 1 is 1.14 bits per heavy atom. The number of carboxylic acid groups (broad SMARTS) is 2. The van der Waals surface area contributed by atoms with Crippen LogP contribution in [0.3, 0.4) is 0 Å². The van der Waals surface area contributed by atoms with Crippen molar-refractivity contribution >= 4 is 23.8 Å². The van der Waals surface area contributed by atoms with E-state index in [1.54, 1.807) is 13.1 Å². The van der Waals surface area contributed by atoms with Gasteiger partial charge in [0, 0.05) is 12.6 Å². The van der Waals surface area contributed by atoms with Gasteiger partial charge in [-0.05, 0) is 18.3 Å². The van der Waals surface area contributed by atoms with Crippen molar-refractivity contribution in [1.29, 1.82) is 0 Å². The van der Waals surface area contributed by atoms with E-state index in [2.05, 4.69) is 5.32 Å². The summed E-state index contributed by atoms with van der Waals surface area (Å²) in [5, 5.41) is 20.0. The molecule has 2 amide bonds. The Bertz CT molecular complexity index is 636. The molecule has 9 heteroatoms. The summed E-state index contributed by atoms with van der Waals surface area (Å²) in [5.41, 5.74) is 5.80. The fourth-order valence-corrected chi connectivity index (χ4v) is 2.47. The van der Waals surface area contributed by atoms with E-state index in [9.17, 15) is 19.2 Å². The maximum absolute atomic E-state index is 12.7. The van der Waals surface area contributed by atoms with Crippen LogP contribution in [0.1, 0.15) is 48.0 Å². The second kappa shape index (κ2) is 10.2. The minimum Gasteiger partial charge on any atom is -0.481 e. The summed E-state index contributed by atoms with van der Waals surface area (Å²) in [4.78, 5) is 48.4. The van der Waals surface area contributed by atoms with Gasteiger partial charge in [-0.25, -0.2) is 4.79 Å². The number of carboxylic acids is 2. The largest absolute Gasteiger partial charge is 0.481 e. The molecule has 0 aliphatic rings. The number of nitrogens with one attached hydrogen (secondary N) is 1. The maximum Gasteiger partial charge on any atom is 0.326 e. The van der Waals surface area contributed by atoms with Gasteiger partial charge in [0.05, 0.1) is 18.5 Å². The second-order valence-corrected chi connectivity index (χ2v) is 8.34. The summed E-state index contributed by atoms with van der Waals surface area (Å²) < 4.78 is 0. The van der Waals surface area contributed by atoms with Crippen LogP contribution < -0.4 is 11.1 Å². The predicted molar refractivity (Wildman–Crippen MR) is 104 cm³/mol. The molecule has 0 saturated carbocycles. The number of likely N-dealkylation sites (N-methyl/N-ethyl adjacent to an activating group) is 1. The third-order valence-electron chi connectivity index (χ3n) is 4.44. The van der Waals surface area contributed by atoms with Crippen LogP contribution in [-0.2, 0) is 19.2 Å².